The molecule has 1 aromatic carbocycles. The van der Waals surface area contributed by atoms with Crippen LogP contribution in [0.25, 0.3) is 0 Å². The molecule has 0 radical (unpaired) electrons. The Labute approximate surface area is 124 Å². The molecule has 1 saturated carbocycles. The second kappa shape index (κ2) is 6.24. The summed E-state index contributed by atoms with van der Waals surface area (Å²) < 4.78 is 16.4. The van der Waals surface area contributed by atoms with Gasteiger partial charge in [0.15, 0.2) is 11.5 Å². The van der Waals surface area contributed by atoms with Crippen LogP contribution in [0.1, 0.15) is 38.2 Å². The lowest BCUT2D eigenvalue weighted by Gasteiger charge is -2.28. The highest BCUT2D eigenvalue weighted by atomic mass is 16.5. The molecule has 0 saturated heterocycles. The molecule has 1 fully saturated rings. The van der Waals surface area contributed by atoms with Crippen molar-refractivity contribution < 1.29 is 24.1 Å². The van der Waals surface area contributed by atoms with Crippen molar-refractivity contribution in [1.82, 2.24) is 0 Å². The van der Waals surface area contributed by atoms with Gasteiger partial charge in [-0.25, -0.2) is 0 Å². The van der Waals surface area contributed by atoms with Gasteiger partial charge in [-0.05, 0) is 25.8 Å². The zero-order valence-corrected chi connectivity index (χ0v) is 12.8. The number of rotatable bonds is 6. The van der Waals surface area contributed by atoms with Crippen LogP contribution < -0.4 is 14.2 Å². The van der Waals surface area contributed by atoms with E-state index >= 15 is 0 Å². The molecule has 5 nitrogen and oxygen atoms in total. The molecule has 0 aromatic heterocycles. The highest BCUT2D eigenvalue weighted by molar-refractivity contribution is 5.84. The number of carboxylic acids is 1. The van der Waals surface area contributed by atoms with E-state index in [0.717, 1.165) is 12.8 Å². The van der Waals surface area contributed by atoms with Crippen molar-refractivity contribution in [1.29, 1.82) is 0 Å². The summed E-state index contributed by atoms with van der Waals surface area (Å²) in [5.41, 5.74) is -0.198. The molecule has 21 heavy (non-hydrogen) atoms. The van der Waals surface area contributed by atoms with Gasteiger partial charge in [0.2, 0.25) is 5.75 Å². The first kappa shape index (κ1) is 15.5. The Kier molecular flexibility index (Phi) is 4.60. The van der Waals surface area contributed by atoms with Gasteiger partial charge in [-0.2, -0.15) is 0 Å². The monoisotopic (exact) mass is 294 g/mol. The largest absolute Gasteiger partial charge is 0.493 e. The van der Waals surface area contributed by atoms with Crippen molar-refractivity contribution in [2.75, 3.05) is 20.8 Å². The van der Waals surface area contributed by atoms with Crippen LogP contribution in [0.4, 0.5) is 0 Å². The van der Waals surface area contributed by atoms with Gasteiger partial charge < -0.3 is 19.3 Å². The first-order valence-corrected chi connectivity index (χ1v) is 7.22. The molecule has 0 heterocycles. The molecule has 1 aliphatic carbocycles. The van der Waals surface area contributed by atoms with E-state index in [0.29, 0.717) is 42.3 Å². The van der Waals surface area contributed by atoms with Gasteiger partial charge in [0.25, 0.3) is 0 Å². The average Bonchev–Trinajstić information content (AvgIpc) is 2.97. The number of ether oxygens (including phenoxy) is 3. The van der Waals surface area contributed by atoms with Crippen LogP contribution in [-0.2, 0) is 10.2 Å². The minimum atomic E-state index is -0.885. The van der Waals surface area contributed by atoms with Crippen molar-refractivity contribution in [3.63, 3.8) is 0 Å². The van der Waals surface area contributed by atoms with E-state index in [-0.39, 0.29) is 0 Å². The van der Waals surface area contributed by atoms with Crippen LogP contribution >= 0.6 is 0 Å². The van der Waals surface area contributed by atoms with Gasteiger partial charge in [-0.15, -0.1) is 0 Å². The van der Waals surface area contributed by atoms with Crippen LogP contribution in [0.5, 0.6) is 17.2 Å². The molecule has 0 amide bonds. The fraction of sp³-hybridized carbons (Fsp3) is 0.562. The third-order valence-electron chi connectivity index (χ3n) is 4.17. The highest BCUT2D eigenvalue weighted by Gasteiger charge is 2.45. The smallest absolute Gasteiger partial charge is 0.314 e. The SMILES string of the molecule is CCOc1c(C2(C(=O)O)CCCC2)ccc(OC)c1OC. The summed E-state index contributed by atoms with van der Waals surface area (Å²) in [6, 6.07) is 3.55. The van der Waals surface area contributed by atoms with Crippen molar-refractivity contribution in [3.05, 3.63) is 17.7 Å². The van der Waals surface area contributed by atoms with Crippen LogP contribution in [0.2, 0.25) is 0 Å². The molecule has 0 aliphatic heterocycles. The number of benzene rings is 1. The standard InChI is InChI=1S/C16H22O5/c1-4-21-13-11(7-8-12(19-2)14(13)20-3)16(15(17)18)9-5-6-10-16/h7-8H,4-6,9-10H2,1-3H3,(H,17,18). The molecule has 0 spiro atoms. The van der Waals surface area contributed by atoms with E-state index in [9.17, 15) is 9.90 Å². The Bertz CT molecular complexity index is 518. The molecule has 116 valence electrons. The van der Waals surface area contributed by atoms with Crippen molar-refractivity contribution >= 4 is 5.97 Å². The fourth-order valence-corrected chi connectivity index (χ4v) is 3.14. The minimum Gasteiger partial charge on any atom is -0.493 e. The molecular formula is C16H22O5. The summed E-state index contributed by atoms with van der Waals surface area (Å²) in [4.78, 5) is 11.9. The number of hydrogen-bond donors (Lipinski definition) is 1. The maximum atomic E-state index is 11.9. The maximum Gasteiger partial charge on any atom is 0.314 e. The molecule has 0 atom stereocenters. The van der Waals surface area contributed by atoms with Gasteiger partial charge in [-0.1, -0.05) is 18.9 Å². The van der Waals surface area contributed by atoms with E-state index in [4.69, 9.17) is 14.2 Å². The van der Waals surface area contributed by atoms with Crippen LogP contribution in [-0.4, -0.2) is 31.9 Å². The molecule has 2 rings (SSSR count). The molecule has 0 unspecified atom stereocenters. The number of carboxylic acid groups (broad SMARTS) is 1. The molecule has 1 aliphatic rings. The number of hydrogen-bond acceptors (Lipinski definition) is 4. The lowest BCUT2D eigenvalue weighted by Crippen LogP contribution is -2.33. The van der Waals surface area contributed by atoms with Crippen LogP contribution in [0, 0.1) is 0 Å². The Morgan fingerprint density at radius 3 is 2.33 bits per heavy atom. The van der Waals surface area contributed by atoms with Crippen molar-refractivity contribution in [2.24, 2.45) is 0 Å². The van der Waals surface area contributed by atoms with Crippen molar-refractivity contribution in [2.45, 2.75) is 38.0 Å². The topological polar surface area (TPSA) is 65.0 Å². The van der Waals surface area contributed by atoms with E-state index in [1.165, 1.54) is 7.11 Å². The zero-order valence-electron chi connectivity index (χ0n) is 12.8. The second-order valence-corrected chi connectivity index (χ2v) is 5.21. The number of methoxy groups -OCH3 is 2. The van der Waals surface area contributed by atoms with Gasteiger partial charge >= 0.3 is 5.97 Å². The third-order valence-corrected chi connectivity index (χ3v) is 4.17. The molecule has 1 aromatic rings. The summed E-state index contributed by atoms with van der Waals surface area (Å²) in [6.45, 7) is 2.30. The normalized spacial score (nSPS) is 16.5. The second-order valence-electron chi connectivity index (χ2n) is 5.21. The van der Waals surface area contributed by atoms with Crippen LogP contribution in [0.3, 0.4) is 0 Å². The minimum absolute atomic E-state index is 0.437. The van der Waals surface area contributed by atoms with Gasteiger partial charge in [0.1, 0.15) is 0 Å². The Morgan fingerprint density at radius 2 is 1.86 bits per heavy atom. The van der Waals surface area contributed by atoms with E-state index in [1.807, 2.05) is 6.92 Å². The van der Waals surface area contributed by atoms with Crippen molar-refractivity contribution in [3.8, 4) is 17.2 Å². The predicted octanol–water partition coefficient (Wildman–Crippen LogP) is 3.00. The number of carbonyl (C=O) groups is 1. The third kappa shape index (κ3) is 2.52. The molecule has 0 bridgehead atoms. The summed E-state index contributed by atoms with van der Waals surface area (Å²) in [6.07, 6.45) is 3.06. The summed E-state index contributed by atoms with van der Waals surface area (Å²) >= 11 is 0. The maximum absolute atomic E-state index is 11.9. The zero-order chi connectivity index (χ0) is 15.5. The summed E-state index contributed by atoms with van der Waals surface area (Å²) in [5.74, 6) is 0.699. The van der Waals surface area contributed by atoms with E-state index < -0.39 is 11.4 Å². The molecular weight excluding hydrogens is 272 g/mol. The molecule has 5 heteroatoms. The number of aliphatic carboxylic acids is 1. The van der Waals surface area contributed by atoms with E-state index in [2.05, 4.69) is 0 Å². The van der Waals surface area contributed by atoms with Gasteiger partial charge in [-0.3, -0.25) is 4.79 Å². The van der Waals surface area contributed by atoms with Gasteiger partial charge in [0, 0.05) is 5.56 Å². The van der Waals surface area contributed by atoms with Crippen LogP contribution in [0.15, 0.2) is 12.1 Å². The fourth-order valence-electron chi connectivity index (χ4n) is 3.14. The lowest BCUT2D eigenvalue weighted by atomic mass is 9.78. The first-order valence-electron chi connectivity index (χ1n) is 7.22. The van der Waals surface area contributed by atoms with E-state index in [1.54, 1.807) is 19.2 Å². The quantitative estimate of drug-likeness (QED) is 0.873. The Hall–Kier alpha value is -1.91. The predicted molar refractivity (Wildman–Crippen MR) is 78.5 cm³/mol. The lowest BCUT2D eigenvalue weighted by molar-refractivity contribution is -0.143. The Morgan fingerprint density at radius 1 is 1.19 bits per heavy atom. The Balaban J connectivity index is 2.64. The summed E-state index contributed by atoms with van der Waals surface area (Å²) in [7, 11) is 3.09. The average molecular weight is 294 g/mol. The van der Waals surface area contributed by atoms with Gasteiger partial charge in [0.05, 0.1) is 26.2 Å². The summed E-state index contributed by atoms with van der Waals surface area (Å²) in [5, 5.41) is 9.77. The first-order chi connectivity index (χ1) is 10.1. The highest BCUT2D eigenvalue weighted by Crippen LogP contribution is 2.50. The molecule has 1 N–H and O–H groups in total.